The summed E-state index contributed by atoms with van der Waals surface area (Å²) < 4.78 is 7.01. The minimum Gasteiger partial charge on any atom is -0.345 e. The Labute approximate surface area is 134 Å². The largest absolute Gasteiger partial charge is 0.345 e. The second-order valence-electron chi connectivity index (χ2n) is 6.85. The molecule has 2 aromatic heterocycles. The van der Waals surface area contributed by atoms with Crippen molar-refractivity contribution in [2.45, 2.75) is 56.9 Å². The first-order valence-corrected chi connectivity index (χ1v) is 9.29. The molecule has 116 valence electrons. The second-order valence-corrected chi connectivity index (χ2v) is 7.58. The predicted molar refractivity (Wildman–Crippen MR) is 86.6 cm³/mol. The maximum Gasteiger partial charge on any atom is 0.205 e. The van der Waals surface area contributed by atoms with Crippen LogP contribution >= 0.6 is 11.5 Å². The van der Waals surface area contributed by atoms with Gasteiger partial charge in [0.1, 0.15) is 5.82 Å². The molecule has 3 heterocycles. The van der Waals surface area contributed by atoms with Crippen molar-refractivity contribution in [3.05, 3.63) is 23.5 Å². The molecule has 3 aliphatic rings. The molecule has 0 aromatic carbocycles. The molecule has 5 nitrogen and oxygen atoms in total. The molecule has 0 radical (unpaired) electrons. The zero-order valence-electron chi connectivity index (χ0n) is 12.7. The highest BCUT2D eigenvalue weighted by atomic mass is 32.1. The molecule has 1 saturated heterocycles. The van der Waals surface area contributed by atoms with Gasteiger partial charge in [-0.1, -0.05) is 0 Å². The number of hydrogen-bond donors (Lipinski definition) is 0. The summed E-state index contributed by atoms with van der Waals surface area (Å²) in [5.41, 5.74) is 2.84. The van der Waals surface area contributed by atoms with Gasteiger partial charge in [0.25, 0.3) is 0 Å². The number of hydrogen-bond acceptors (Lipinski definition) is 5. The van der Waals surface area contributed by atoms with Crippen molar-refractivity contribution in [3.63, 3.8) is 0 Å². The first kappa shape index (κ1) is 13.0. The van der Waals surface area contributed by atoms with E-state index in [1.807, 2.05) is 0 Å². The van der Waals surface area contributed by atoms with Crippen LogP contribution in [0.1, 0.15) is 61.3 Å². The van der Waals surface area contributed by atoms with Crippen LogP contribution in [-0.4, -0.2) is 32.0 Å². The summed E-state index contributed by atoms with van der Waals surface area (Å²) in [4.78, 5) is 11.8. The zero-order chi connectivity index (χ0) is 14.5. The van der Waals surface area contributed by atoms with Crippen LogP contribution in [0.4, 0.5) is 5.13 Å². The van der Waals surface area contributed by atoms with Crippen molar-refractivity contribution in [2.75, 3.05) is 18.0 Å². The first-order chi connectivity index (χ1) is 10.9. The monoisotopic (exact) mass is 315 g/mol. The van der Waals surface area contributed by atoms with E-state index in [1.165, 1.54) is 56.3 Å². The zero-order valence-corrected chi connectivity index (χ0v) is 13.6. The van der Waals surface area contributed by atoms with E-state index in [4.69, 9.17) is 4.98 Å². The Morgan fingerprint density at radius 2 is 2.05 bits per heavy atom. The lowest BCUT2D eigenvalue weighted by Crippen LogP contribution is -2.21. The Kier molecular flexibility index (Phi) is 2.99. The Balaban J connectivity index is 1.34. The van der Waals surface area contributed by atoms with Crippen LogP contribution in [-0.2, 0) is 12.8 Å². The van der Waals surface area contributed by atoms with Gasteiger partial charge in [-0.2, -0.15) is 4.37 Å². The highest BCUT2D eigenvalue weighted by molar-refractivity contribution is 7.09. The number of aryl methyl sites for hydroxylation is 1. The lowest BCUT2D eigenvalue weighted by atomic mass is 10.0. The third-order valence-electron chi connectivity index (χ3n) is 5.26. The molecule has 22 heavy (non-hydrogen) atoms. The minimum absolute atomic E-state index is 0.558. The van der Waals surface area contributed by atoms with Gasteiger partial charge < -0.3 is 9.47 Å². The molecule has 0 amide bonds. The van der Waals surface area contributed by atoms with Gasteiger partial charge in [0.05, 0.1) is 18.1 Å². The van der Waals surface area contributed by atoms with Crippen LogP contribution in [0.5, 0.6) is 0 Å². The van der Waals surface area contributed by atoms with Gasteiger partial charge >= 0.3 is 0 Å². The van der Waals surface area contributed by atoms with Crippen molar-refractivity contribution in [1.29, 1.82) is 0 Å². The van der Waals surface area contributed by atoms with E-state index in [2.05, 4.69) is 25.2 Å². The molecule has 6 heteroatoms. The molecular formula is C16H21N5S. The van der Waals surface area contributed by atoms with Gasteiger partial charge in [0.15, 0.2) is 0 Å². The molecule has 2 aliphatic carbocycles. The van der Waals surface area contributed by atoms with Crippen LogP contribution in [0, 0.1) is 0 Å². The number of aromatic nitrogens is 4. The number of imidazole rings is 1. The molecule has 0 N–H and O–H groups in total. The molecule has 1 aliphatic heterocycles. The van der Waals surface area contributed by atoms with Gasteiger partial charge in [0.2, 0.25) is 5.13 Å². The fraction of sp³-hybridized carbons (Fsp3) is 0.688. The summed E-state index contributed by atoms with van der Waals surface area (Å²) in [6.07, 6.45) is 10.8. The van der Waals surface area contributed by atoms with Crippen molar-refractivity contribution >= 4 is 16.7 Å². The Morgan fingerprint density at radius 1 is 1.14 bits per heavy atom. The number of rotatable bonds is 3. The number of fused-ring (bicyclic) bond motifs is 1. The molecule has 1 saturated carbocycles. The topological polar surface area (TPSA) is 46.8 Å². The van der Waals surface area contributed by atoms with Gasteiger partial charge in [-0.3, -0.25) is 0 Å². The average molecular weight is 315 g/mol. The third-order valence-corrected chi connectivity index (χ3v) is 6.05. The van der Waals surface area contributed by atoms with Gasteiger partial charge in [-0.15, -0.1) is 0 Å². The number of anilines is 1. The van der Waals surface area contributed by atoms with Crippen LogP contribution in [0.15, 0.2) is 6.33 Å². The molecular weight excluding hydrogens is 294 g/mol. The van der Waals surface area contributed by atoms with E-state index >= 15 is 0 Å². The van der Waals surface area contributed by atoms with E-state index in [0.717, 1.165) is 24.0 Å². The average Bonchev–Trinajstić information content (AvgIpc) is 2.98. The Morgan fingerprint density at radius 3 is 2.95 bits per heavy atom. The van der Waals surface area contributed by atoms with Gasteiger partial charge in [-0.25, -0.2) is 9.97 Å². The number of nitrogens with zero attached hydrogens (tertiary/aromatic N) is 5. The summed E-state index contributed by atoms with van der Waals surface area (Å²) in [5, 5.41) is 1.12. The van der Waals surface area contributed by atoms with Gasteiger partial charge in [-0.05, 0) is 44.9 Å². The van der Waals surface area contributed by atoms with Crippen LogP contribution in [0.25, 0.3) is 0 Å². The summed E-state index contributed by atoms with van der Waals surface area (Å²) in [7, 11) is 0. The Bertz CT molecular complexity index is 687. The van der Waals surface area contributed by atoms with Crippen LogP contribution < -0.4 is 4.90 Å². The first-order valence-electron chi connectivity index (χ1n) is 8.51. The van der Waals surface area contributed by atoms with E-state index in [-0.39, 0.29) is 0 Å². The normalized spacial score (nSPS) is 24.7. The highest BCUT2D eigenvalue weighted by Gasteiger charge is 2.32. The lowest BCUT2D eigenvalue weighted by molar-refractivity contribution is 0.515. The van der Waals surface area contributed by atoms with Crippen molar-refractivity contribution < 1.29 is 0 Å². The molecule has 2 aromatic rings. The summed E-state index contributed by atoms with van der Waals surface area (Å²) >= 11 is 1.58. The summed E-state index contributed by atoms with van der Waals surface area (Å²) in [6, 6.07) is 0.558. The highest BCUT2D eigenvalue weighted by Crippen LogP contribution is 2.40. The van der Waals surface area contributed by atoms with Gasteiger partial charge in [0, 0.05) is 36.2 Å². The minimum atomic E-state index is 0.558. The maximum absolute atomic E-state index is 4.77. The summed E-state index contributed by atoms with van der Waals surface area (Å²) in [5.74, 6) is 1.74. The SMILES string of the molecule is c1nc2c(n1[C@@H]1CCN(c3nc(C4CC4)ns3)C1)CCCC2. The van der Waals surface area contributed by atoms with Crippen LogP contribution in [0.2, 0.25) is 0 Å². The molecule has 0 bridgehead atoms. The van der Waals surface area contributed by atoms with E-state index in [0.29, 0.717) is 12.0 Å². The standard InChI is InChI=1S/C16H21N5S/c1-2-4-14-13(3-1)17-10-21(14)12-7-8-20(9-12)16-18-15(19-22-16)11-5-6-11/h10-12H,1-9H2/t12-/m1/s1. The maximum atomic E-state index is 4.77. The lowest BCUT2D eigenvalue weighted by Gasteiger charge is -2.19. The molecule has 0 spiro atoms. The third kappa shape index (κ3) is 2.16. The van der Waals surface area contributed by atoms with E-state index < -0.39 is 0 Å². The molecule has 5 rings (SSSR count). The second kappa shape index (κ2) is 5.05. The Hall–Kier alpha value is -1.43. The molecule has 2 fully saturated rings. The fourth-order valence-electron chi connectivity index (χ4n) is 3.81. The van der Waals surface area contributed by atoms with E-state index in [9.17, 15) is 0 Å². The molecule has 1 atom stereocenters. The van der Waals surface area contributed by atoms with Crippen molar-refractivity contribution in [1.82, 2.24) is 18.9 Å². The van der Waals surface area contributed by atoms with Crippen molar-refractivity contribution in [2.24, 2.45) is 0 Å². The predicted octanol–water partition coefficient (Wildman–Crippen LogP) is 2.94. The van der Waals surface area contributed by atoms with Crippen molar-refractivity contribution in [3.8, 4) is 0 Å². The summed E-state index contributed by atoms with van der Waals surface area (Å²) in [6.45, 7) is 2.15. The molecule has 0 unspecified atom stereocenters. The fourth-order valence-corrected chi connectivity index (χ4v) is 4.59. The smallest absolute Gasteiger partial charge is 0.205 e. The van der Waals surface area contributed by atoms with E-state index in [1.54, 1.807) is 11.5 Å². The van der Waals surface area contributed by atoms with Crippen LogP contribution in [0.3, 0.4) is 0 Å². The quantitative estimate of drug-likeness (QED) is 0.874.